The molecule has 0 spiro atoms. The zero-order valence-corrected chi connectivity index (χ0v) is 13.5. The lowest BCUT2D eigenvalue weighted by Crippen LogP contribution is -1.90. The predicted molar refractivity (Wildman–Crippen MR) is 98.6 cm³/mol. The van der Waals surface area contributed by atoms with E-state index in [0.717, 1.165) is 17.8 Å². The van der Waals surface area contributed by atoms with Gasteiger partial charge in [0.15, 0.2) is 0 Å². The molecule has 3 aromatic carbocycles. The summed E-state index contributed by atoms with van der Waals surface area (Å²) in [4.78, 5) is 0. The predicted octanol–water partition coefficient (Wildman–Crippen LogP) is 6.02. The van der Waals surface area contributed by atoms with E-state index < -0.39 is 0 Å². The molecule has 0 heterocycles. The third-order valence-corrected chi connectivity index (χ3v) is 4.13. The van der Waals surface area contributed by atoms with Crippen LogP contribution in [-0.2, 0) is 6.42 Å². The van der Waals surface area contributed by atoms with E-state index in [0.29, 0.717) is 0 Å². The van der Waals surface area contributed by atoms with Crippen molar-refractivity contribution in [3.05, 3.63) is 66.2 Å². The molecule has 3 rings (SSSR count). The van der Waals surface area contributed by atoms with Gasteiger partial charge in [-0.05, 0) is 65.6 Å². The normalized spacial score (nSPS) is 10.8. The lowest BCUT2D eigenvalue weighted by atomic mass is 10.0. The summed E-state index contributed by atoms with van der Waals surface area (Å²) in [6.45, 7) is 2.24. The first kappa shape index (κ1) is 15.4. The van der Waals surface area contributed by atoms with Crippen LogP contribution in [0.15, 0.2) is 60.7 Å². The number of anilines is 2. The molecule has 0 aliphatic heterocycles. The minimum Gasteiger partial charge on any atom is -0.508 e. The van der Waals surface area contributed by atoms with E-state index in [4.69, 9.17) is 0 Å². The second kappa shape index (κ2) is 7.19. The SMILES string of the molecule is CCCCCc1ccc2cc(Nc3ccc(O)cc3)ccc2c1. The molecule has 0 aliphatic carbocycles. The number of aromatic hydroxyl groups is 1. The Hall–Kier alpha value is -2.48. The molecule has 2 heteroatoms. The Bertz CT molecular complexity index is 777. The van der Waals surface area contributed by atoms with Gasteiger partial charge in [-0.3, -0.25) is 0 Å². The van der Waals surface area contributed by atoms with Crippen molar-refractivity contribution in [3.63, 3.8) is 0 Å². The van der Waals surface area contributed by atoms with Gasteiger partial charge < -0.3 is 10.4 Å². The largest absolute Gasteiger partial charge is 0.508 e. The quantitative estimate of drug-likeness (QED) is 0.431. The summed E-state index contributed by atoms with van der Waals surface area (Å²) in [5.74, 6) is 0.282. The minimum absolute atomic E-state index is 0.282. The van der Waals surface area contributed by atoms with E-state index in [1.807, 2.05) is 12.1 Å². The average molecular weight is 305 g/mol. The van der Waals surface area contributed by atoms with Crippen LogP contribution in [0.2, 0.25) is 0 Å². The van der Waals surface area contributed by atoms with Crippen LogP contribution in [0.4, 0.5) is 11.4 Å². The van der Waals surface area contributed by atoms with Crippen molar-refractivity contribution in [2.75, 3.05) is 5.32 Å². The summed E-state index contributed by atoms with van der Waals surface area (Å²) < 4.78 is 0. The molecule has 0 atom stereocenters. The van der Waals surface area contributed by atoms with Crippen LogP contribution in [0.1, 0.15) is 31.7 Å². The van der Waals surface area contributed by atoms with E-state index in [1.165, 1.54) is 35.6 Å². The first-order chi connectivity index (χ1) is 11.2. The number of unbranched alkanes of at least 4 members (excludes halogenated alkanes) is 2. The second-order valence-electron chi connectivity index (χ2n) is 6.03. The van der Waals surface area contributed by atoms with E-state index in [2.05, 4.69) is 48.6 Å². The van der Waals surface area contributed by atoms with Crippen LogP contribution in [0, 0.1) is 0 Å². The summed E-state index contributed by atoms with van der Waals surface area (Å²) >= 11 is 0. The summed E-state index contributed by atoms with van der Waals surface area (Å²) in [5.41, 5.74) is 3.45. The molecule has 0 saturated carbocycles. The summed E-state index contributed by atoms with van der Waals surface area (Å²) in [6.07, 6.45) is 4.99. The van der Waals surface area contributed by atoms with Crippen molar-refractivity contribution in [1.82, 2.24) is 0 Å². The van der Waals surface area contributed by atoms with Gasteiger partial charge in [-0.2, -0.15) is 0 Å². The van der Waals surface area contributed by atoms with Crippen LogP contribution in [0.5, 0.6) is 5.75 Å². The maximum Gasteiger partial charge on any atom is 0.115 e. The lowest BCUT2D eigenvalue weighted by molar-refractivity contribution is 0.475. The highest BCUT2D eigenvalue weighted by Crippen LogP contribution is 2.24. The van der Waals surface area contributed by atoms with Crippen molar-refractivity contribution in [1.29, 1.82) is 0 Å². The highest BCUT2D eigenvalue weighted by Gasteiger charge is 2.00. The molecule has 2 nitrogen and oxygen atoms in total. The smallest absolute Gasteiger partial charge is 0.115 e. The van der Waals surface area contributed by atoms with Gasteiger partial charge in [0.05, 0.1) is 0 Å². The van der Waals surface area contributed by atoms with Crippen LogP contribution in [0.25, 0.3) is 10.8 Å². The van der Waals surface area contributed by atoms with Crippen molar-refractivity contribution in [2.45, 2.75) is 32.6 Å². The molecule has 0 aromatic heterocycles. The highest BCUT2D eigenvalue weighted by molar-refractivity contribution is 5.87. The van der Waals surface area contributed by atoms with Gasteiger partial charge in [-0.25, -0.2) is 0 Å². The van der Waals surface area contributed by atoms with Crippen LogP contribution in [-0.4, -0.2) is 5.11 Å². The molecule has 0 radical (unpaired) electrons. The number of phenols is 1. The molecule has 0 bridgehead atoms. The first-order valence-electron chi connectivity index (χ1n) is 8.33. The van der Waals surface area contributed by atoms with E-state index in [1.54, 1.807) is 12.1 Å². The number of nitrogens with one attached hydrogen (secondary N) is 1. The second-order valence-corrected chi connectivity index (χ2v) is 6.03. The molecule has 23 heavy (non-hydrogen) atoms. The Labute approximate surface area is 137 Å². The highest BCUT2D eigenvalue weighted by atomic mass is 16.3. The van der Waals surface area contributed by atoms with E-state index in [9.17, 15) is 5.11 Å². The Kier molecular flexibility index (Phi) is 4.82. The van der Waals surface area contributed by atoms with Crippen molar-refractivity contribution >= 4 is 22.1 Å². The van der Waals surface area contributed by atoms with Crippen molar-refractivity contribution in [3.8, 4) is 5.75 Å². The summed E-state index contributed by atoms with van der Waals surface area (Å²) in [5, 5.41) is 15.2. The third kappa shape index (κ3) is 4.04. The molecule has 0 saturated heterocycles. The number of hydrogen-bond acceptors (Lipinski definition) is 2. The fourth-order valence-electron chi connectivity index (χ4n) is 2.82. The number of fused-ring (bicyclic) bond motifs is 1. The van der Waals surface area contributed by atoms with Crippen LogP contribution >= 0.6 is 0 Å². The molecule has 0 fully saturated rings. The minimum atomic E-state index is 0.282. The number of aryl methyl sites for hydroxylation is 1. The van der Waals surface area contributed by atoms with Crippen LogP contribution < -0.4 is 5.32 Å². The Balaban J connectivity index is 1.76. The average Bonchev–Trinajstić information content (AvgIpc) is 2.57. The fourth-order valence-corrected chi connectivity index (χ4v) is 2.82. The third-order valence-electron chi connectivity index (χ3n) is 4.13. The van der Waals surface area contributed by atoms with Gasteiger partial charge in [0.25, 0.3) is 0 Å². The van der Waals surface area contributed by atoms with Crippen molar-refractivity contribution < 1.29 is 5.11 Å². The number of benzene rings is 3. The van der Waals surface area contributed by atoms with Gasteiger partial charge in [-0.1, -0.05) is 44.0 Å². The molecule has 118 valence electrons. The maximum absolute atomic E-state index is 9.34. The van der Waals surface area contributed by atoms with Gasteiger partial charge in [-0.15, -0.1) is 0 Å². The van der Waals surface area contributed by atoms with Crippen molar-refractivity contribution in [2.24, 2.45) is 0 Å². The molecular weight excluding hydrogens is 282 g/mol. The Morgan fingerprint density at radius 1 is 0.783 bits per heavy atom. The first-order valence-corrected chi connectivity index (χ1v) is 8.33. The molecule has 0 unspecified atom stereocenters. The summed E-state index contributed by atoms with van der Waals surface area (Å²) in [7, 11) is 0. The topological polar surface area (TPSA) is 32.3 Å². The Morgan fingerprint density at radius 2 is 1.48 bits per heavy atom. The zero-order valence-electron chi connectivity index (χ0n) is 13.5. The number of rotatable bonds is 6. The maximum atomic E-state index is 9.34. The number of hydrogen-bond donors (Lipinski definition) is 2. The molecular formula is C21H23NO. The molecule has 0 aliphatic rings. The molecule has 3 aromatic rings. The monoisotopic (exact) mass is 305 g/mol. The van der Waals surface area contributed by atoms with Gasteiger partial charge >= 0.3 is 0 Å². The fraction of sp³-hybridized carbons (Fsp3) is 0.238. The standard InChI is InChI=1S/C21H23NO/c1-2-3-4-5-16-6-7-18-15-20(9-8-17(18)14-16)22-19-10-12-21(23)13-11-19/h6-15,22-23H,2-5H2,1H3. The van der Waals surface area contributed by atoms with E-state index in [-0.39, 0.29) is 5.75 Å². The summed E-state index contributed by atoms with van der Waals surface area (Å²) in [6, 6.07) is 20.3. The van der Waals surface area contributed by atoms with Gasteiger partial charge in [0.2, 0.25) is 0 Å². The molecule has 0 amide bonds. The van der Waals surface area contributed by atoms with Crippen LogP contribution in [0.3, 0.4) is 0 Å². The molecule has 2 N–H and O–H groups in total. The zero-order chi connectivity index (χ0) is 16.1. The van der Waals surface area contributed by atoms with Gasteiger partial charge in [0, 0.05) is 11.4 Å². The van der Waals surface area contributed by atoms with Gasteiger partial charge in [0.1, 0.15) is 5.75 Å². The number of phenolic OH excluding ortho intramolecular Hbond substituents is 1. The lowest BCUT2D eigenvalue weighted by Gasteiger charge is -2.09. The van der Waals surface area contributed by atoms with E-state index >= 15 is 0 Å². The Morgan fingerprint density at radius 3 is 2.26 bits per heavy atom.